The monoisotopic (exact) mass is 480 g/mol. The average Bonchev–Trinajstić information content (AvgIpc) is 2.87. The van der Waals surface area contributed by atoms with Gasteiger partial charge in [0.15, 0.2) is 0 Å². The van der Waals surface area contributed by atoms with Crippen LogP contribution >= 0.6 is 0 Å². The number of methoxy groups -OCH3 is 1. The van der Waals surface area contributed by atoms with Crippen LogP contribution in [0.15, 0.2) is 30.3 Å². The first-order chi connectivity index (χ1) is 17.1. The van der Waals surface area contributed by atoms with E-state index in [4.69, 9.17) is 9.72 Å². The molecular formula is C28H40N4O3. The molecule has 3 heterocycles. The van der Waals surface area contributed by atoms with Crippen LogP contribution in [0.5, 0.6) is 5.75 Å². The molecule has 2 aromatic rings. The first kappa shape index (κ1) is 25.5. The van der Waals surface area contributed by atoms with Gasteiger partial charge in [-0.05, 0) is 86.9 Å². The van der Waals surface area contributed by atoms with Crippen LogP contribution in [0.4, 0.5) is 5.82 Å². The number of carboxylic acid groups (broad SMARTS) is 1. The van der Waals surface area contributed by atoms with E-state index >= 15 is 0 Å². The fourth-order valence-electron chi connectivity index (χ4n) is 5.58. The zero-order chi connectivity index (χ0) is 24.6. The SMILES string of the molecule is CCc1c(OC)cccc1C(CC(=O)O)N[C@@H]1CCCN(CCCc2ccc3c(n2)NCCC3)C1. The lowest BCUT2D eigenvalue weighted by atomic mass is 9.93. The fourth-order valence-corrected chi connectivity index (χ4v) is 5.58. The number of likely N-dealkylation sites (tertiary alicyclic amines) is 1. The summed E-state index contributed by atoms with van der Waals surface area (Å²) in [6.45, 7) is 6.19. The van der Waals surface area contributed by atoms with Crippen LogP contribution in [0.2, 0.25) is 0 Å². The molecule has 7 heteroatoms. The number of carboxylic acids is 1. The van der Waals surface area contributed by atoms with E-state index in [1.807, 2.05) is 18.2 Å². The van der Waals surface area contributed by atoms with Crippen molar-refractivity contribution < 1.29 is 14.6 Å². The normalized spacial score (nSPS) is 19.0. The summed E-state index contributed by atoms with van der Waals surface area (Å²) >= 11 is 0. The van der Waals surface area contributed by atoms with Gasteiger partial charge in [-0.1, -0.05) is 25.1 Å². The number of aryl methyl sites for hydroxylation is 2. The number of nitrogens with one attached hydrogen (secondary N) is 2. The maximum atomic E-state index is 11.7. The summed E-state index contributed by atoms with van der Waals surface area (Å²) in [5.41, 5.74) is 4.63. The number of aliphatic carboxylic acids is 1. The maximum Gasteiger partial charge on any atom is 0.305 e. The minimum absolute atomic E-state index is 0.0642. The highest BCUT2D eigenvalue weighted by Gasteiger charge is 2.26. The molecular weight excluding hydrogens is 440 g/mol. The first-order valence-electron chi connectivity index (χ1n) is 13.2. The number of anilines is 1. The van der Waals surface area contributed by atoms with Crippen molar-refractivity contribution in [3.05, 3.63) is 52.7 Å². The van der Waals surface area contributed by atoms with Gasteiger partial charge in [-0.25, -0.2) is 4.98 Å². The summed E-state index contributed by atoms with van der Waals surface area (Å²) < 4.78 is 5.56. The smallest absolute Gasteiger partial charge is 0.305 e. The molecule has 0 bridgehead atoms. The van der Waals surface area contributed by atoms with E-state index in [1.54, 1.807) is 7.11 Å². The molecule has 1 fully saturated rings. The molecule has 2 atom stereocenters. The second-order valence-electron chi connectivity index (χ2n) is 9.78. The van der Waals surface area contributed by atoms with Crippen LogP contribution in [0.25, 0.3) is 0 Å². The van der Waals surface area contributed by atoms with E-state index in [9.17, 15) is 9.90 Å². The molecule has 4 rings (SSSR count). The number of rotatable bonds is 11. The number of piperidine rings is 1. The lowest BCUT2D eigenvalue weighted by molar-refractivity contribution is -0.137. The molecule has 3 N–H and O–H groups in total. The van der Waals surface area contributed by atoms with Gasteiger partial charge in [0, 0.05) is 30.9 Å². The number of hydrogen-bond acceptors (Lipinski definition) is 6. The Kier molecular flexibility index (Phi) is 8.99. The molecule has 1 saturated heterocycles. The number of carbonyl (C=O) groups is 1. The highest BCUT2D eigenvalue weighted by Crippen LogP contribution is 2.30. The van der Waals surface area contributed by atoms with Gasteiger partial charge < -0.3 is 25.4 Å². The van der Waals surface area contributed by atoms with E-state index in [1.165, 1.54) is 12.0 Å². The van der Waals surface area contributed by atoms with Crippen molar-refractivity contribution in [2.75, 3.05) is 38.6 Å². The summed E-state index contributed by atoms with van der Waals surface area (Å²) in [4.78, 5) is 19.1. The average molecular weight is 481 g/mol. The van der Waals surface area contributed by atoms with Crippen molar-refractivity contribution in [1.29, 1.82) is 0 Å². The summed E-state index contributed by atoms with van der Waals surface area (Å²) in [5.74, 6) is 1.12. The predicted octanol–water partition coefficient (Wildman–Crippen LogP) is 4.21. The van der Waals surface area contributed by atoms with Crippen LogP contribution < -0.4 is 15.4 Å². The number of hydrogen-bond donors (Lipinski definition) is 3. The molecule has 7 nitrogen and oxygen atoms in total. The molecule has 0 saturated carbocycles. The lowest BCUT2D eigenvalue weighted by Gasteiger charge is -2.36. The van der Waals surface area contributed by atoms with Crippen molar-refractivity contribution in [3.8, 4) is 5.75 Å². The molecule has 0 spiro atoms. The van der Waals surface area contributed by atoms with Gasteiger partial charge in [0.25, 0.3) is 0 Å². The zero-order valence-electron chi connectivity index (χ0n) is 21.2. The van der Waals surface area contributed by atoms with Crippen LogP contribution in [0, 0.1) is 0 Å². The number of nitrogens with zero attached hydrogens (tertiary/aromatic N) is 2. The Labute approximate surface area is 209 Å². The Hall–Kier alpha value is -2.64. The third-order valence-corrected chi connectivity index (χ3v) is 7.30. The quantitative estimate of drug-likeness (QED) is 0.444. The Morgan fingerprint density at radius 1 is 1.31 bits per heavy atom. The van der Waals surface area contributed by atoms with E-state index in [2.05, 4.69) is 34.6 Å². The molecule has 35 heavy (non-hydrogen) atoms. The number of pyridine rings is 1. The molecule has 0 aliphatic carbocycles. The largest absolute Gasteiger partial charge is 0.496 e. The van der Waals surface area contributed by atoms with Crippen molar-refractivity contribution >= 4 is 11.8 Å². The highest BCUT2D eigenvalue weighted by molar-refractivity contribution is 5.68. The van der Waals surface area contributed by atoms with Crippen molar-refractivity contribution in [2.24, 2.45) is 0 Å². The van der Waals surface area contributed by atoms with Crippen molar-refractivity contribution in [1.82, 2.24) is 15.2 Å². The van der Waals surface area contributed by atoms with E-state index in [-0.39, 0.29) is 18.5 Å². The molecule has 190 valence electrons. The predicted molar refractivity (Wildman–Crippen MR) is 139 cm³/mol. The lowest BCUT2D eigenvalue weighted by Crippen LogP contribution is -2.47. The third-order valence-electron chi connectivity index (χ3n) is 7.30. The van der Waals surface area contributed by atoms with Crippen molar-refractivity contribution in [2.45, 2.75) is 70.4 Å². The molecule has 2 aliphatic rings. The van der Waals surface area contributed by atoms with Crippen LogP contribution in [-0.4, -0.2) is 60.3 Å². The second-order valence-corrected chi connectivity index (χ2v) is 9.78. The molecule has 1 aromatic heterocycles. The summed E-state index contributed by atoms with van der Waals surface area (Å²) in [6.07, 6.45) is 7.42. The Morgan fingerprint density at radius 3 is 3.00 bits per heavy atom. The third kappa shape index (κ3) is 6.73. The van der Waals surface area contributed by atoms with Crippen LogP contribution in [0.3, 0.4) is 0 Å². The minimum Gasteiger partial charge on any atom is -0.496 e. The number of ether oxygens (including phenoxy) is 1. The van der Waals surface area contributed by atoms with Crippen LogP contribution in [0.1, 0.15) is 67.5 Å². The van der Waals surface area contributed by atoms with Gasteiger partial charge in [-0.3, -0.25) is 4.79 Å². The Morgan fingerprint density at radius 2 is 2.20 bits per heavy atom. The number of aromatic nitrogens is 1. The molecule has 1 aromatic carbocycles. The van der Waals surface area contributed by atoms with Gasteiger partial charge in [0.2, 0.25) is 0 Å². The summed E-state index contributed by atoms with van der Waals surface area (Å²) in [5, 5.41) is 16.8. The summed E-state index contributed by atoms with van der Waals surface area (Å²) in [6, 6.07) is 10.4. The standard InChI is InChI=1S/C28H40N4O3/c1-3-23-24(11-4-12-26(23)35-2)25(18-27(33)34)30-22-10-7-17-32(19-22)16-6-9-21-14-13-20-8-5-15-29-28(20)31-21/h4,11-14,22,25,30H,3,5-10,15-19H2,1-2H3,(H,29,31)(H,33,34)/t22-,25?/m1/s1. The van der Waals surface area contributed by atoms with E-state index in [0.29, 0.717) is 0 Å². The van der Waals surface area contributed by atoms with Gasteiger partial charge in [0.05, 0.1) is 13.5 Å². The topological polar surface area (TPSA) is 86.7 Å². The van der Waals surface area contributed by atoms with Crippen LogP contribution in [-0.2, 0) is 24.1 Å². The Balaban J connectivity index is 1.34. The zero-order valence-corrected chi connectivity index (χ0v) is 21.2. The van der Waals surface area contributed by atoms with E-state index < -0.39 is 5.97 Å². The second kappa shape index (κ2) is 12.4. The highest BCUT2D eigenvalue weighted by atomic mass is 16.5. The fraction of sp³-hybridized carbons (Fsp3) is 0.571. The minimum atomic E-state index is -0.785. The molecule has 0 amide bonds. The van der Waals surface area contributed by atoms with Crippen molar-refractivity contribution in [3.63, 3.8) is 0 Å². The number of benzene rings is 1. The van der Waals surface area contributed by atoms with E-state index in [0.717, 1.165) is 93.1 Å². The Bertz CT molecular complexity index is 996. The maximum absolute atomic E-state index is 11.7. The molecule has 2 aliphatic heterocycles. The molecule has 1 unspecified atom stereocenters. The summed E-state index contributed by atoms with van der Waals surface area (Å²) in [7, 11) is 1.67. The van der Waals surface area contributed by atoms with Gasteiger partial charge in [0.1, 0.15) is 11.6 Å². The van der Waals surface area contributed by atoms with Gasteiger partial charge in [-0.2, -0.15) is 0 Å². The first-order valence-corrected chi connectivity index (χ1v) is 13.2. The van der Waals surface area contributed by atoms with Gasteiger partial charge in [-0.15, -0.1) is 0 Å². The number of fused-ring (bicyclic) bond motifs is 1. The van der Waals surface area contributed by atoms with Gasteiger partial charge >= 0.3 is 5.97 Å². The molecule has 0 radical (unpaired) electrons.